The number of rotatable bonds is 8. The van der Waals surface area contributed by atoms with E-state index in [9.17, 15) is 18.8 Å². The highest BCUT2D eigenvalue weighted by molar-refractivity contribution is 7.17. The van der Waals surface area contributed by atoms with E-state index in [1.54, 1.807) is 43.3 Å². The highest BCUT2D eigenvalue weighted by Gasteiger charge is 2.29. The van der Waals surface area contributed by atoms with E-state index < -0.39 is 17.8 Å². The molecule has 1 aromatic heterocycles. The zero-order chi connectivity index (χ0) is 27.2. The molecular weight excluding hydrogens is 513 g/mol. The van der Waals surface area contributed by atoms with Crippen molar-refractivity contribution < 1.29 is 33.0 Å². The molecule has 1 aliphatic carbocycles. The lowest BCUT2D eigenvalue weighted by molar-refractivity contribution is -0.136. The Hall–Kier alpha value is -4.25. The molecule has 2 aromatic carbocycles. The van der Waals surface area contributed by atoms with Crippen LogP contribution >= 0.6 is 11.3 Å². The van der Waals surface area contributed by atoms with E-state index in [0.29, 0.717) is 33.9 Å². The third-order valence-corrected chi connectivity index (χ3v) is 7.20. The molecule has 198 valence electrons. The first kappa shape index (κ1) is 26.8. The lowest BCUT2D eigenvalue weighted by Crippen LogP contribution is -2.33. The first-order valence-corrected chi connectivity index (χ1v) is 12.6. The molecule has 0 spiro atoms. The van der Waals surface area contributed by atoms with E-state index in [1.165, 1.54) is 31.6 Å². The van der Waals surface area contributed by atoms with Gasteiger partial charge < -0.3 is 19.5 Å². The van der Waals surface area contributed by atoms with E-state index in [-0.39, 0.29) is 17.4 Å². The molecule has 38 heavy (non-hydrogen) atoms. The fraction of sp³-hybridized carbons (Fsp3) is 0.259. The summed E-state index contributed by atoms with van der Waals surface area (Å²) in [6, 6.07) is 11.3. The fourth-order valence-corrected chi connectivity index (χ4v) is 5.28. The van der Waals surface area contributed by atoms with Crippen molar-refractivity contribution in [3.05, 3.63) is 75.4 Å². The molecule has 2 N–H and O–H groups in total. The fourth-order valence-electron chi connectivity index (χ4n) is 4.00. The summed E-state index contributed by atoms with van der Waals surface area (Å²) < 4.78 is 29.8. The van der Waals surface area contributed by atoms with Crippen molar-refractivity contribution in [1.82, 2.24) is 5.43 Å². The number of hydrogen-bond donors (Lipinski definition) is 2. The third-order valence-electron chi connectivity index (χ3n) is 5.99. The number of aryl methyl sites for hydroxylation is 1. The number of benzene rings is 2. The number of anilines is 1. The number of nitrogens with zero attached hydrogens (tertiary/aromatic N) is 1. The van der Waals surface area contributed by atoms with Crippen LogP contribution in [0, 0.1) is 5.82 Å². The van der Waals surface area contributed by atoms with Crippen LogP contribution in [0.3, 0.4) is 0 Å². The zero-order valence-corrected chi connectivity index (χ0v) is 21.9. The van der Waals surface area contributed by atoms with Crippen molar-refractivity contribution in [3.8, 4) is 11.5 Å². The number of carbonyl (C=O) groups is 3. The second kappa shape index (κ2) is 11.9. The maximum Gasteiger partial charge on any atom is 0.341 e. The van der Waals surface area contributed by atoms with E-state index in [2.05, 4.69) is 15.8 Å². The van der Waals surface area contributed by atoms with Gasteiger partial charge in [-0.25, -0.2) is 14.6 Å². The van der Waals surface area contributed by atoms with Crippen LogP contribution in [0.5, 0.6) is 11.5 Å². The zero-order valence-electron chi connectivity index (χ0n) is 21.1. The van der Waals surface area contributed by atoms with Crippen molar-refractivity contribution in [1.29, 1.82) is 0 Å². The second-order valence-electron chi connectivity index (χ2n) is 8.39. The van der Waals surface area contributed by atoms with Crippen LogP contribution in [-0.2, 0) is 33.8 Å². The van der Waals surface area contributed by atoms with Gasteiger partial charge in [-0.15, -0.1) is 11.3 Å². The topological polar surface area (TPSA) is 115 Å². The molecule has 2 amide bonds. The van der Waals surface area contributed by atoms with Gasteiger partial charge in [-0.3, -0.25) is 9.59 Å². The summed E-state index contributed by atoms with van der Waals surface area (Å²) in [7, 11) is 2.74. The van der Waals surface area contributed by atoms with E-state index in [4.69, 9.17) is 14.2 Å². The van der Waals surface area contributed by atoms with Gasteiger partial charge in [0, 0.05) is 16.0 Å². The standard InChI is InChI=1S/C27H26FN3O6S/c1-15(16-11-12-20(21(13-16)35-2)37-14-17-7-4-5-9-19(17)28)30-31-25(33)24(32)29-26-23(27(34)36-3)18-8-6-10-22(18)38-26/h4-5,7,9,11-13H,6,8,10,14H2,1-3H3,(H,29,32)(H,31,33). The molecule has 11 heteroatoms. The van der Waals surface area contributed by atoms with Gasteiger partial charge in [-0.2, -0.15) is 5.10 Å². The Morgan fingerprint density at radius 2 is 1.84 bits per heavy atom. The van der Waals surface area contributed by atoms with Crippen molar-refractivity contribution in [2.24, 2.45) is 5.10 Å². The Kier molecular flexibility index (Phi) is 8.37. The minimum Gasteiger partial charge on any atom is -0.493 e. The number of amides is 2. The van der Waals surface area contributed by atoms with E-state index in [1.807, 2.05) is 0 Å². The van der Waals surface area contributed by atoms with Gasteiger partial charge in [0.2, 0.25) is 0 Å². The quantitative estimate of drug-likeness (QED) is 0.192. The molecule has 0 bridgehead atoms. The van der Waals surface area contributed by atoms with E-state index >= 15 is 0 Å². The molecule has 0 fully saturated rings. The Balaban J connectivity index is 1.41. The Bertz CT molecular complexity index is 1420. The summed E-state index contributed by atoms with van der Waals surface area (Å²) in [6.07, 6.45) is 2.46. The van der Waals surface area contributed by atoms with Gasteiger partial charge in [0.05, 0.1) is 25.5 Å². The predicted molar refractivity (Wildman–Crippen MR) is 140 cm³/mol. The number of nitrogens with one attached hydrogen (secondary N) is 2. The number of methoxy groups -OCH3 is 2. The Morgan fingerprint density at radius 3 is 2.58 bits per heavy atom. The first-order chi connectivity index (χ1) is 18.3. The summed E-state index contributed by atoms with van der Waals surface area (Å²) in [5.41, 5.74) is 4.80. The average Bonchev–Trinajstić information content (AvgIpc) is 3.51. The van der Waals surface area contributed by atoms with Gasteiger partial charge in [0.15, 0.2) is 11.5 Å². The molecule has 0 saturated heterocycles. The molecule has 4 rings (SSSR count). The molecule has 0 unspecified atom stereocenters. The first-order valence-electron chi connectivity index (χ1n) is 11.8. The number of hydrazone groups is 1. The SMILES string of the molecule is COC(=O)c1c(NC(=O)C(=O)NN=C(C)c2ccc(OCc3ccccc3F)c(OC)c2)sc2c1CCC2. The highest BCUT2D eigenvalue weighted by Crippen LogP contribution is 2.39. The summed E-state index contributed by atoms with van der Waals surface area (Å²) in [6.45, 7) is 1.66. The summed E-state index contributed by atoms with van der Waals surface area (Å²) in [5, 5.41) is 6.81. The number of ether oxygens (including phenoxy) is 3. The van der Waals surface area contributed by atoms with Crippen LogP contribution in [0.25, 0.3) is 0 Å². The van der Waals surface area contributed by atoms with Crippen LogP contribution in [0.2, 0.25) is 0 Å². The number of esters is 1. The number of hydrogen-bond acceptors (Lipinski definition) is 8. The second-order valence-corrected chi connectivity index (χ2v) is 9.50. The molecule has 0 saturated carbocycles. The Morgan fingerprint density at radius 1 is 1.05 bits per heavy atom. The van der Waals surface area contributed by atoms with Crippen LogP contribution in [0.1, 0.15) is 45.3 Å². The molecule has 0 aliphatic heterocycles. The smallest absolute Gasteiger partial charge is 0.341 e. The number of carbonyl (C=O) groups excluding carboxylic acids is 3. The minimum absolute atomic E-state index is 0.0194. The number of fused-ring (bicyclic) bond motifs is 1. The van der Waals surface area contributed by atoms with E-state index in [0.717, 1.165) is 29.7 Å². The summed E-state index contributed by atoms with van der Waals surface area (Å²) in [4.78, 5) is 38.2. The van der Waals surface area contributed by atoms with Gasteiger partial charge in [0.25, 0.3) is 0 Å². The predicted octanol–water partition coefficient (Wildman–Crippen LogP) is 4.23. The molecule has 3 aromatic rings. The van der Waals surface area contributed by atoms with Gasteiger partial charge in [0.1, 0.15) is 17.4 Å². The maximum atomic E-state index is 13.9. The third kappa shape index (κ3) is 5.83. The van der Waals surface area contributed by atoms with Crippen LogP contribution in [0.15, 0.2) is 47.6 Å². The largest absolute Gasteiger partial charge is 0.493 e. The van der Waals surface area contributed by atoms with Crippen LogP contribution in [0.4, 0.5) is 9.39 Å². The average molecular weight is 540 g/mol. The van der Waals surface area contributed by atoms with Crippen LogP contribution in [-0.4, -0.2) is 37.7 Å². The van der Waals surface area contributed by atoms with Crippen LogP contribution < -0.4 is 20.2 Å². The molecule has 1 heterocycles. The van der Waals surface area contributed by atoms with Gasteiger partial charge >= 0.3 is 17.8 Å². The van der Waals surface area contributed by atoms with Crippen molar-refractivity contribution in [2.75, 3.05) is 19.5 Å². The maximum absolute atomic E-state index is 13.9. The van der Waals surface area contributed by atoms with Gasteiger partial charge in [-0.05, 0) is 56.0 Å². The number of halogens is 1. The molecule has 0 atom stereocenters. The molecule has 1 aliphatic rings. The molecule has 9 nitrogen and oxygen atoms in total. The Labute approximate surface area is 222 Å². The lowest BCUT2D eigenvalue weighted by atomic mass is 10.1. The van der Waals surface area contributed by atoms with Gasteiger partial charge in [-0.1, -0.05) is 18.2 Å². The lowest BCUT2D eigenvalue weighted by Gasteiger charge is -2.13. The van der Waals surface area contributed by atoms with Crippen molar-refractivity contribution in [2.45, 2.75) is 32.8 Å². The summed E-state index contributed by atoms with van der Waals surface area (Å²) >= 11 is 1.27. The van der Waals surface area contributed by atoms with Crippen molar-refractivity contribution >= 4 is 39.8 Å². The molecular formula is C27H26FN3O6S. The minimum atomic E-state index is -0.995. The highest BCUT2D eigenvalue weighted by atomic mass is 32.1. The molecule has 0 radical (unpaired) electrons. The number of thiophene rings is 1. The normalized spacial score (nSPS) is 12.5. The summed E-state index contributed by atoms with van der Waals surface area (Å²) in [5.74, 6) is -2.08. The van der Waals surface area contributed by atoms with Crippen molar-refractivity contribution in [3.63, 3.8) is 0 Å². The monoisotopic (exact) mass is 539 g/mol.